The Bertz CT molecular complexity index is 754. The molecule has 112 valence electrons. The van der Waals surface area contributed by atoms with Crippen molar-refractivity contribution in [3.05, 3.63) is 77.4 Å². The summed E-state index contributed by atoms with van der Waals surface area (Å²) in [6.07, 6.45) is 2.07. The highest BCUT2D eigenvalue weighted by molar-refractivity contribution is 6.09. The van der Waals surface area contributed by atoms with Gasteiger partial charge in [-0.1, -0.05) is 18.2 Å². The van der Waals surface area contributed by atoms with E-state index >= 15 is 0 Å². The molecular weight excluding hydrogens is 288 g/mol. The van der Waals surface area contributed by atoms with Gasteiger partial charge in [0.25, 0.3) is 0 Å². The van der Waals surface area contributed by atoms with Crippen molar-refractivity contribution in [2.45, 2.75) is 6.92 Å². The second kappa shape index (κ2) is 6.76. The van der Waals surface area contributed by atoms with E-state index in [1.165, 1.54) is 0 Å². The maximum absolute atomic E-state index is 13.0. The Morgan fingerprint density at radius 3 is 2.41 bits per heavy atom. The summed E-state index contributed by atoms with van der Waals surface area (Å²) in [7, 11) is 0. The molecule has 0 aliphatic rings. The molecule has 1 N–H and O–H groups in total. The van der Waals surface area contributed by atoms with E-state index in [1.54, 1.807) is 12.1 Å². The van der Waals surface area contributed by atoms with Crippen molar-refractivity contribution in [3.8, 4) is 0 Å². The van der Waals surface area contributed by atoms with Crippen LogP contribution >= 0.6 is 0 Å². The van der Waals surface area contributed by atoms with E-state index in [0.717, 1.165) is 35.9 Å². The third-order valence-electron chi connectivity index (χ3n) is 2.99. The summed E-state index contributed by atoms with van der Waals surface area (Å²) in [5.41, 5.74) is 1.49. The fraction of sp³-hybridized carbons (Fsp3) is 0.0588. The van der Waals surface area contributed by atoms with Crippen molar-refractivity contribution < 1.29 is 18.4 Å². The molecule has 0 aromatic heterocycles. The van der Waals surface area contributed by atoms with Gasteiger partial charge in [0.05, 0.1) is 0 Å². The number of amides is 1. The molecule has 2 rings (SSSR count). The molecule has 2 aromatic rings. The molecule has 0 fully saturated rings. The smallest absolute Gasteiger partial charge is 0.248 e. The molecular formula is C17H13F2NO2. The maximum atomic E-state index is 13.0. The first kappa shape index (κ1) is 15.6. The van der Waals surface area contributed by atoms with E-state index in [2.05, 4.69) is 5.32 Å². The molecule has 0 saturated heterocycles. The molecule has 2 aromatic carbocycles. The minimum absolute atomic E-state index is 0.0289. The molecule has 0 bridgehead atoms. The van der Waals surface area contributed by atoms with Gasteiger partial charge in [-0.15, -0.1) is 0 Å². The van der Waals surface area contributed by atoms with Crippen molar-refractivity contribution in [1.82, 2.24) is 0 Å². The van der Waals surface area contributed by atoms with Gasteiger partial charge in [-0.3, -0.25) is 9.59 Å². The van der Waals surface area contributed by atoms with Crippen LogP contribution in [0.4, 0.5) is 14.5 Å². The molecule has 0 unspecified atom stereocenters. The average Bonchev–Trinajstić information content (AvgIpc) is 2.50. The minimum atomic E-state index is -1.11. The van der Waals surface area contributed by atoms with Gasteiger partial charge in [-0.25, -0.2) is 8.78 Å². The van der Waals surface area contributed by atoms with E-state index in [4.69, 9.17) is 0 Å². The van der Waals surface area contributed by atoms with E-state index in [9.17, 15) is 18.4 Å². The zero-order chi connectivity index (χ0) is 16.1. The molecule has 0 saturated carbocycles. The number of halogens is 2. The van der Waals surface area contributed by atoms with Crippen LogP contribution in [0.25, 0.3) is 0 Å². The van der Waals surface area contributed by atoms with Crippen molar-refractivity contribution in [1.29, 1.82) is 0 Å². The molecule has 1 amide bonds. The van der Waals surface area contributed by atoms with Crippen LogP contribution in [-0.2, 0) is 4.79 Å². The number of para-hydroxylation sites is 1. The highest BCUT2D eigenvalue weighted by atomic mass is 19.2. The predicted octanol–water partition coefficient (Wildman–Crippen LogP) is 3.65. The SMILES string of the molecule is Cc1ccccc1NC(=O)/C=C/C(=O)c1ccc(F)c(F)c1. The molecule has 0 radical (unpaired) electrons. The van der Waals surface area contributed by atoms with Crippen molar-refractivity contribution in [2.24, 2.45) is 0 Å². The summed E-state index contributed by atoms with van der Waals surface area (Å²) < 4.78 is 25.8. The third-order valence-corrected chi connectivity index (χ3v) is 2.99. The highest BCUT2D eigenvalue weighted by Crippen LogP contribution is 2.13. The van der Waals surface area contributed by atoms with Crippen LogP contribution in [0.1, 0.15) is 15.9 Å². The maximum Gasteiger partial charge on any atom is 0.248 e. The van der Waals surface area contributed by atoms with Gasteiger partial charge in [0, 0.05) is 17.3 Å². The Hall–Kier alpha value is -2.82. The lowest BCUT2D eigenvalue weighted by molar-refractivity contribution is -0.111. The number of aryl methyl sites for hydroxylation is 1. The van der Waals surface area contributed by atoms with Crippen LogP contribution in [0.5, 0.6) is 0 Å². The minimum Gasteiger partial charge on any atom is -0.322 e. The van der Waals surface area contributed by atoms with Gasteiger partial charge < -0.3 is 5.32 Å². The van der Waals surface area contributed by atoms with Gasteiger partial charge in [0.2, 0.25) is 5.91 Å². The fourth-order valence-electron chi connectivity index (χ4n) is 1.78. The number of anilines is 1. The van der Waals surface area contributed by atoms with E-state index in [1.807, 2.05) is 19.1 Å². The highest BCUT2D eigenvalue weighted by Gasteiger charge is 2.08. The standard InChI is InChI=1S/C17H13F2NO2/c1-11-4-2-3-5-15(11)20-17(22)9-8-16(21)12-6-7-13(18)14(19)10-12/h2-10H,1H3,(H,20,22)/b9-8+. The Balaban J connectivity index is 2.04. The quantitative estimate of drug-likeness (QED) is 0.692. The van der Waals surface area contributed by atoms with Crippen LogP contribution in [0.3, 0.4) is 0 Å². The first-order chi connectivity index (χ1) is 10.5. The number of nitrogens with one attached hydrogen (secondary N) is 1. The van der Waals surface area contributed by atoms with Crippen molar-refractivity contribution in [2.75, 3.05) is 5.32 Å². The van der Waals surface area contributed by atoms with Crippen LogP contribution in [0.15, 0.2) is 54.6 Å². The lowest BCUT2D eigenvalue weighted by Crippen LogP contribution is -2.09. The van der Waals surface area contributed by atoms with Crippen LogP contribution < -0.4 is 5.32 Å². The number of rotatable bonds is 4. The monoisotopic (exact) mass is 301 g/mol. The number of carbonyl (C=O) groups is 2. The lowest BCUT2D eigenvalue weighted by Gasteiger charge is -2.05. The van der Waals surface area contributed by atoms with Gasteiger partial charge >= 0.3 is 0 Å². The predicted molar refractivity (Wildman–Crippen MR) is 79.6 cm³/mol. The lowest BCUT2D eigenvalue weighted by atomic mass is 10.1. The Morgan fingerprint density at radius 1 is 1.00 bits per heavy atom. The molecule has 3 nitrogen and oxygen atoms in total. The van der Waals surface area contributed by atoms with E-state index < -0.39 is 23.3 Å². The number of allylic oxidation sites excluding steroid dienone is 1. The summed E-state index contributed by atoms with van der Waals surface area (Å²) in [5, 5.41) is 2.63. The summed E-state index contributed by atoms with van der Waals surface area (Å²) >= 11 is 0. The number of hydrogen-bond acceptors (Lipinski definition) is 2. The van der Waals surface area contributed by atoms with Gasteiger partial charge in [0.1, 0.15) is 0 Å². The Morgan fingerprint density at radius 2 is 1.73 bits per heavy atom. The molecule has 5 heteroatoms. The van der Waals surface area contributed by atoms with Crippen molar-refractivity contribution in [3.63, 3.8) is 0 Å². The first-order valence-corrected chi connectivity index (χ1v) is 6.51. The fourth-order valence-corrected chi connectivity index (χ4v) is 1.78. The number of carbonyl (C=O) groups excluding carboxylic acids is 2. The normalized spacial score (nSPS) is 10.7. The molecule has 0 atom stereocenters. The summed E-state index contributed by atoms with van der Waals surface area (Å²) in [4.78, 5) is 23.5. The molecule has 0 heterocycles. The second-order valence-electron chi connectivity index (χ2n) is 4.63. The van der Waals surface area contributed by atoms with Gasteiger partial charge in [-0.05, 0) is 42.8 Å². The molecule has 0 aliphatic carbocycles. The van der Waals surface area contributed by atoms with Gasteiger partial charge in [0.15, 0.2) is 17.4 Å². The summed E-state index contributed by atoms with van der Waals surface area (Å²) in [6.45, 7) is 1.84. The number of hydrogen-bond donors (Lipinski definition) is 1. The van der Waals surface area contributed by atoms with E-state index in [0.29, 0.717) is 5.69 Å². The number of benzene rings is 2. The van der Waals surface area contributed by atoms with Crippen LogP contribution in [0, 0.1) is 18.6 Å². The first-order valence-electron chi connectivity index (χ1n) is 6.51. The second-order valence-corrected chi connectivity index (χ2v) is 4.63. The molecule has 0 spiro atoms. The summed E-state index contributed by atoms with van der Waals surface area (Å²) in [5.74, 6) is -3.20. The third kappa shape index (κ3) is 3.85. The largest absolute Gasteiger partial charge is 0.322 e. The average molecular weight is 301 g/mol. The topological polar surface area (TPSA) is 46.2 Å². The van der Waals surface area contributed by atoms with Crippen LogP contribution in [0.2, 0.25) is 0 Å². The summed E-state index contributed by atoms with van der Waals surface area (Å²) in [6, 6.07) is 10.0. The van der Waals surface area contributed by atoms with Crippen molar-refractivity contribution >= 4 is 17.4 Å². The van der Waals surface area contributed by atoms with Crippen LogP contribution in [-0.4, -0.2) is 11.7 Å². The molecule has 0 aliphatic heterocycles. The molecule has 22 heavy (non-hydrogen) atoms. The van der Waals surface area contributed by atoms with E-state index in [-0.39, 0.29) is 5.56 Å². The zero-order valence-electron chi connectivity index (χ0n) is 11.8. The number of ketones is 1. The Labute approximate surface area is 126 Å². The Kier molecular flexibility index (Phi) is 4.78. The zero-order valence-corrected chi connectivity index (χ0v) is 11.8. The van der Waals surface area contributed by atoms with Gasteiger partial charge in [-0.2, -0.15) is 0 Å².